The van der Waals surface area contributed by atoms with Crippen LogP contribution in [0.4, 0.5) is 0 Å². The lowest BCUT2D eigenvalue weighted by atomic mass is 10.0. The Kier molecular flexibility index (Phi) is 4.79. The van der Waals surface area contributed by atoms with Crippen molar-refractivity contribution in [3.63, 3.8) is 0 Å². The van der Waals surface area contributed by atoms with Crippen molar-refractivity contribution < 1.29 is 9.59 Å². The second kappa shape index (κ2) is 6.99. The van der Waals surface area contributed by atoms with Crippen LogP contribution >= 0.6 is 0 Å². The van der Waals surface area contributed by atoms with Gasteiger partial charge < -0.3 is 10.2 Å². The summed E-state index contributed by atoms with van der Waals surface area (Å²) >= 11 is 0. The average Bonchev–Trinajstić information content (AvgIpc) is 3.14. The van der Waals surface area contributed by atoms with Gasteiger partial charge in [-0.1, -0.05) is 42.0 Å². The summed E-state index contributed by atoms with van der Waals surface area (Å²) < 4.78 is 0. The molecule has 2 atom stereocenters. The Labute approximate surface area is 137 Å². The second-order valence-electron chi connectivity index (χ2n) is 6.62. The van der Waals surface area contributed by atoms with E-state index in [0.717, 1.165) is 18.4 Å². The van der Waals surface area contributed by atoms with E-state index < -0.39 is 0 Å². The predicted molar refractivity (Wildman–Crippen MR) is 89.6 cm³/mol. The number of hydrogen-bond donors (Lipinski definition) is 1. The van der Waals surface area contributed by atoms with Crippen LogP contribution in [-0.4, -0.2) is 29.3 Å². The zero-order valence-corrected chi connectivity index (χ0v) is 13.6. The highest BCUT2D eigenvalue weighted by Gasteiger charge is 2.32. The van der Waals surface area contributed by atoms with E-state index in [0.29, 0.717) is 31.8 Å². The number of likely N-dealkylation sites (tertiary alicyclic amines) is 1. The molecule has 0 saturated carbocycles. The molecule has 2 aliphatic rings. The zero-order valence-electron chi connectivity index (χ0n) is 13.6. The minimum atomic E-state index is -0.349. The van der Waals surface area contributed by atoms with Crippen LogP contribution in [0.5, 0.6) is 0 Å². The summed E-state index contributed by atoms with van der Waals surface area (Å²) in [5.74, 6) is 0.383. The fourth-order valence-electron chi connectivity index (χ4n) is 3.30. The first kappa shape index (κ1) is 15.8. The predicted octanol–water partition coefficient (Wildman–Crippen LogP) is 2.57. The van der Waals surface area contributed by atoms with Crippen LogP contribution in [0, 0.1) is 12.8 Å². The Morgan fingerprint density at radius 2 is 2.04 bits per heavy atom. The lowest BCUT2D eigenvalue weighted by Gasteiger charge is -2.18. The van der Waals surface area contributed by atoms with E-state index in [-0.39, 0.29) is 17.9 Å². The summed E-state index contributed by atoms with van der Waals surface area (Å²) in [7, 11) is 0. The maximum absolute atomic E-state index is 12.4. The molecule has 0 unspecified atom stereocenters. The molecule has 1 aliphatic carbocycles. The van der Waals surface area contributed by atoms with Gasteiger partial charge in [-0.15, -0.1) is 0 Å². The topological polar surface area (TPSA) is 49.4 Å². The Morgan fingerprint density at radius 1 is 1.26 bits per heavy atom. The number of nitrogens with zero attached hydrogens (tertiary/aromatic N) is 1. The van der Waals surface area contributed by atoms with Gasteiger partial charge in [-0.25, -0.2) is 0 Å². The molecular weight excluding hydrogens is 288 g/mol. The maximum atomic E-state index is 12.4. The van der Waals surface area contributed by atoms with E-state index in [9.17, 15) is 9.59 Å². The Hall–Kier alpha value is -2.10. The Bertz CT molecular complexity index is 606. The van der Waals surface area contributed by atoms with Gasteiger partial charge in [0, 0.05) is 19.5 Å². The molecule has 1 saturated heterocycles. The number of nitrogens with one attached hydrogen (secondary N) is 1. The molecule has 1 N–H and O–H groups in total. The van der Waals surface area contributed by atoms with Gasteiger partial charge in [0.25, 0.3) is 0 Å². The quantitative estimate of drug-likeness (QED) is 0.850. The van der Waals surface area contributed by atoms with Crippen LogP contribution in [0.2, 0.25) is 0 Å². The first-order valence-corrected chi connectivity index (χ1v) is 8.42. The van der Waals surface area contributed by atoms with Crippen LogP contribution < -0.4 is 5.32 Å². The third-order valence-corrected chi connectivity index (χ3v) is 4.69. The second-order valence-corrected chi connectivity index (χ2v) is 6.62. The number of aryl methyl sites for hydroxylation is 1. The summed E-state index contributed by atoms with van der Waals surface area (Å²) in [4.78, 5) is 26.4. The van der Waals surface area contributed by atoms with Crippen molar-refractivity contribution in [2.24, 2.45) is 5.92 Å². The molecule has 1 heterocycles. The standard InChI is InChI=1S/C19H24N2O2/c1-14-6-8-16(9-7-14)13-21-11-10-17(19(21)23)20-18(22)12-15-4-2-3-5-15/h2,4,6-9,15,17H,3,5,10-13H2,1H3,(H,20,22)/t15-,17+/m0/s1. The summed E-state index contributed by atoms with van der Waals surface area (Å²) in [5, 5.41) is 2.92. The highest BCUT2D eigenvalue weighted by Crippen LogP contribution is 2.21. The molecule has 1 aromatic rings. The summed E-state index contributed by atoms with van der Waals surface area (Å²) in [6.07, 6.45) is 7.55. The first-order valence-electron chi connectivity index (χ1n) is 8.42. The normalized spacial score (nSPS) is 23.5. The van der Waals surface area contributed by atoms with E-state index >= 15 is 0 Å². The number of rotatable bonds is 5. The average molecular weight is 312 g/mol. The van der Waals surface area contributed by atoms with Crippen LogP contribution in [0.1, 0.15) is 36.8 Å². The lowest BCUT2D eigenvalue weighted by molar-refractivity contribution is -0.133. The van der Waals surface area contributed by atoms with Crippen molar-refractivity contribution in [1.82, 2.24) is 10.2 Å². The molecule has 4 heteroatoms. The minimum absolute atomic E-state index is 0.00270. The number of carbonyl (C=O) groups excluding carboxylic acids is 2. The van der Waals surface area contributed by atoms with Gasteiger partial charge in [-0.3, -0.25) is 9.59 Å². The van der Waals surface area contributed by atoms with Crippen LogP contribution in [0.15, 0.2) is 36.4 Å². The Balaban J connectivity index is 1.50. The number of benzene rings is 1. The highest BCUT2D eigenvalue weighted by atomic mass is 16.2. The van der Waals surface area contributed by atoms with Gasteiger partial charge in [0.05, 0.1) is 0 Å². The minimum Gasteiger partial charge on any atom is -0.344 e. The molecular formula is C19H24N2O2. The van der Waals surface area contributed by atoms with Gasteiger partial charge in [0.2, 0.25) is 11.8 Å². The number of allylic oxidation sites excluding steroid dienone is 2. The fraction of sp³-hybridized carbons (Fsp3) is 0.474. The molecule has 1 aliphatic heterocycles. The molecule has 2 amide bonds. The molecule has 1 fully saturated rings. The monoisotopic (exact) mass is 312 g/mol. The molecule has 23 heavy (non-hydrogen) atoms. The van der Waals surface area contributed by atoms with E-state index in [4.69, 9.17) is 0 Å². The molecule has 1 aromatic carbocycles. The number of carbonyl (C=O) groups is 2. The Morgan fingerprint density at radius 3 is 2.74 bits per heavy atom. The smallest absolute Gasteiger partial charge is 0.245 e. The third-order valence-electron chi connectivity index (χ3n) is 4.69. The van der Waals surface area contributed by atoms with E-state index in [1.54, 1.807) is 0 Å². The molecule has 0 spiro atoms. The van der Waals surface area contributed by atoms with Crippen LogP contribution in [0.3, 0.4) is 0 Å². The van der Waals surface area contributed by atoms with Gasteiger partial charge in [-0.2, -0.15) is 0 Å². The van der Waals surface area contributed by atoms with E-state index in [2.05, 4.69) is 48.7 Å². The van der Waals surface area contributed by atoms with Crippen LogP contribution in [-0.2, 0) is 16.1 Å². The summed E-state index contributed by atoms with van der Waals surface area (Å²) in [6, 6.07) is 7.88. The van der Waals surface area contributed by atoms with Crippen molar-refractivity contribution in [1.29, 1.82) is 0 Å². The summed E-state index contributed by atoms with van der Waals surface area (Å²) in [5.41, 5.74) is 2.35. The van der Waals surface area contributed by atoms with Crippen molar-refractivity contribution in [2.45, 2.75) is 45.2 Å². The zero-order chi connectivity index (χ0) is 16.2. The van der Waals surface area contributed by atoms with Crippen molar-refractivity contribution in [3.05, 3.63) is 47.5 Å². The van der Waals surface area contributed by atoms with Crippen LogP contribution in [0.25, 0.3) is 0 Å². The number of amides is 2. The SMILES string of the molecule is Cc1ccc(CN2CC[C@@H](NC(=O)C[C@H]3C=CCC3)C2=O)cc1. The van der Waals surface area contributed by atoms with Gasteiger partial charge in [0.15, 0.2) is 0 Å². The van der Waals surface area contributed by atoms with Gasteiger partial charge in [0.1, 0.15) is 6.04 Å². The maximum Gasteiger partial charge on any atom is 0.245 e. The highest BCUT2D eigenvalue weighted by molar-refractivity contribution is 5.89. The van der Waals surface area contributed by atoms with Crippen molar-refractivity contribution in [2.75, 3.05) is 6.54 Å². The molecule has 0 radical (unpaired) electrons. The van der Waals surface area contributed by atoms with Gasteiger partial charge >= 0.3 is 0 Å². The van der Waals surface area contributed by atoms with E-state index in [1.807, 2.05) is 4.90 Å². The molecule has 3 rings (SSSR count). The largest absolute Gasteiger partial charge is 0.344 e. The van der Waals surface area contributed by atoms with E-state index in [1.165, 1.54) is 5.56 Å². The lowest BCUT2D eigenvalue weighted by Crippen LogP contribution is -2.41. The number of hydrogen-bond acceptors (Lipinski definition) is 2. The van der Waals surface area contributed by atoms with Crippen molar-refractivity contribution >= 4 is 11.8 Å². The summed E-state index contributed by atoms with van der Waals surface area (Å²) in [6.45, 7) is 3.38. The fourth-order valence-corrected chi connectivity index (χ4v) is 3.30. The first-order chi connectivity index (χ1) is 11.1. The third kappa shape index (κ3) is 4.01. The van der Waals surface area contributed by atoms with Crippen molar-refractivity contribution in [3.8, 4) is 0 Å². The molecule has 4 nitrogen and oxygen atoms in total. The van der Waals surface area contributed by atoms with Gasteiger partial charge in [-0.05, 0) is 37.7 Å². The molecule has 0 aromatic heterocycles. The molecule has 0 bridgehead atoms. The molecule has 122 valence electrons.